The Balaban J connectivity index is 1.93. The van der Waals surface area contributed by atoms with Crippen LogP contribution in [0.1, 0.15) is 30.2 Å². The van der Waals surface area contributed by atoms with Crippen LogP contribution in [-0.4, -0.2) is 48.3 Å². The van der Waals surface area contributed by atoms with Crippen molar-refractivity contribution in [3.8, 4) is 0 Å². The van der Waals surface area contributed by atoms with Crippen molar-refractivity contribution in [2.75, 3.05) is 19.6 Å². The highest BCUT2D eigenvalue weighted by atomic mass is 32.1. The fourth-order valence-electron chi connectivity index (χ4n) is 2.70. The molecule has 0 aromatic carbocycles. The van der Waals surface area contributed by atoms with E-state index in [2.05, 4.69) is 16.7 Å². The summed E-state index contributed by atoms with van der Waals surface area (Å²) in [4.78, 5) is 39.0. The third kappa shape index (κ3) is 4.78. The normalized spacial score (nSPS) is 14.7. The Bertz CT molecular complexity index is 602. The average molecular weight is 352 g/mol. The van der Waals surface area contributed by atoms with Crippen LogP contribution < -0.4 is 16.4 Å². The Morgan fingerprint density at radius 1 is 1.38 bits per heavy atom. The van der Waals surface area contributed by atoms with Crippen molar-refractivity contribution in [2.24, 2.45) is 5.73 Å². The van der Waals surface area contributed by atoms with Crippen molar-refractivity contribution in [3.63, 3.8) is 0 Å². The number of carbonyl (C=O) groups is 3. The number of amides is 3. The van der Waals surface area contributed by atoms with E-state index >= 15 is 0 Å². The minimum Gasteiger partial charge on any atom is -0.346 e. The molecule has 1 aromatic heterocycles. The van der Waals surface area contributed by atoms with Crippen LogP contribution >= 0.6 is 11.3 Å². The van der Waals surface area contributed by atoms with Crippen LogP contribution in [0.15, 0.2) is 11.4 Å². The van der Waals surface area contributed by atoms with Gasteiger partial charge in [-0.25, -0.2) is 0 Å². The molecule has 3 amide bonds. The molecule has 1 aromatic rings. The second-order valence-corrected chi connectivity index (χ2v) is 6.77. The monoisotopic (exact) mass is 352 g/mol. The zero-order valence-corrected chi connectivity index (χ0v) is 14.7. The predicted molar refractivity (Wildman–Crippen MR) is 92.3 cm³/mol. The molecule has 0 spiro atoms. The lowest BCUT2D eigenvalue weighted by Gasteiger charge is -2.31. The highest BCUT2D eigenvalue weighted by molar-refractivity contribution is 7.10. The number of nitrogens with zero attached hydrogens (tertiary/aromatic N) is 1. The molecule has 7 nitrogen and oxygen atoms in total. The summed E-state index contributed by atoms with van der Waals surface area (Å²) in [6, 6.07) is 1.49. The van der Waals surface area contributed by atoms with Gasteiger partial charge in [0.1, 0.15) is 6.04 Å². The number of nitrogens with two attached hydrogens (primary N) is 1. The second kappa shape index (κ2) is 8.79. The molecule has 1 atom stereocenters. The summed E-state index contributed by atoms with van der Waals surface area (Å²) in [6.45, 7) is 2.90. The van der Waals surface area contributed by atoms with E-state index in [0.29, 0.717) is 19.5 Å². The molecule has 0 bridgehead atoms. The minimum absolute atomic E-state index is 0.0628. The lowest BCUT2D eigenvalue weighted by atomic mass is 10.1. The van der Waals surface area contributed by atoms with E-state index in [4.69, 9.17) is 5.73 Å². The van der Waals surface area contributed by atoms with Gasteiger partial charge >= 0.3 is 0 Å². The van der Waals surface area contributed by atoms with E-state index in [1.807, 2.05) is 12.3 Å². The minimum atomic E-state index is -0.558. The molecule has 1 aliphatic heterocycles. The van der Waals surface area contributed by atoms with Crippen LogP contribution in [0, 0.1) is 0 Å². The maximum absolute atomic E-state index is 12.8. The zero-order valence-electron chi connectivity index (χ0n) is 13.8. The van der Waals surface area contributed by atoms with Crippen molar-refractivity contribution >= 4 is 29.1 Å². The molecule has 0 aliphatic carbocycles. The van der Waals surface area contributed by atoms with Gasteiger partial charge in [0.05, 0.1) is 13.1 Å². The van der Waals surface area contributed by atoms with Crippen LogP contribution in [0.25, 0.3) is 0 Å². The van der Waals surface area contributed by atoms with Gasteiger partial charge in [-0.15, -0.1) is 11.3 Å². The number of thiophene rings is 1. The highest BCUT2D eigenvalue weighted by Gasteiger charge is 2.28. The molecule has 0 radical (unpaired) electrons. The Kier molecular flexibility index (Phi) is 6.74. The summed E-state index contributed by atoms with van der Waals surface area (Å²) in [5.41, 5.74) is 6.37. The smallest absolute Gasteiger partial charge is 0.245 e. The van der Waals surface area contributed by atoms with Gasteiger partial charge in [-0.05, 0) is 29.9 Å². The van der Waals surface area contributed by atoms with E-state index in [0.717, 1.165) is 12.8 Å². The fourth-order valence-corrected chi connectivity index (χ4v) is 3.59. The maximum atomic E-state index is 12.8. The summed E-state index contributed by atoms with van der Waals surface area (Å²) in [6.07, 6.45) is 2.21. The van der Waals surface area contributed by atoms with E-state index < -0.39 is 11.9 Å². The fraction of sp³-hybridized carbons (Fsp3) is 0.562. The molecule has 8 heteroatoms. The topological polar surface area (TPSA) is 105 Å². The summed E-state index contributed by atoms with van der Waals surface area (Å²) in [7, 11) is 0. The van der Waals surface area contributed by atoms with Gasteiger partial charge in [0.15, 0.2) is 0 Å². The third-order valence-corrected chi connectivity index (χ3v) is 4.98. The molecular weight excluding hydrogens is 328 g/mol. The summed E-state index contributed by atoms with van der Waals surface area (Å²) < 4.78 is 0. The summed E-state index contributed by atoms with van der Waals surface area (Å²) in [5, 5.41) is 7.18. The summed E-state index contributed by atoms with van der Waals surface area (Å²) in [5.74, 6) is -0.839. The van der Waals surface area contributed by atoms with E-state index in [-0.39, 0.29) is 24.9 Å². The lowest BCUT2D eigenvalue weighted by molar-refractivity contribution is -0.137. The van der Waals surface area contributed by atoms with Crippen molar-refractivity contribution in [3.05, 3.63) is 21.9 Å². The molecule has 0 saturated heterocycles. The van der Waals surface area contributed by atoms with Gasteiger partial charge in [-0.2, -0.15) is 0 Å². The van der Waals surface area contributed by atoms with Crippen molar-refractivity contribution in [1.82, 2.24) is 15.5 Å². The van der Waals surface area contributed by atoms with E-state index in [1.54, 1.807) is 16.2 Å². The molecule has 0 fully saturated rings. The molecule has 4 N–H and O–H groups in total. The predicted octanol–water partition coefficient (Wildman–Crippen LogP) is -0.00740. The van der Waals surface area contributed by atoms with Crippen LogP contribution in [-0.2, 0) is 27.3 Å². The summed E-state index contributed by atoms with van der Waals surface area (Å²) >= 11 is 1.72. The molecule has 1 unspecified atom stereocenters. The highest BCUT2D eigenvalue weighted by Crippen LogP contribution is 2.24. The number of fused-ring (bicyclic) bond motifs is 1. The first kappa shape index (κ1) is 18.4. The number of rotatable bonds is 7. The average Bonchev–Trinajstić information content (AvgIpc) is 3.06. The molecular formula is C16H24N4O3S. The van der Waals surface area contributed by atoms with Gasteiger partial charge < -0.3 is 21.3 Å². The SMILES string of the molecule is CCCC(NC(=O)CNC(=O)CN)C(=O)N1CCc2sccc2C1. The lowest BCUT2D eigenvalue weighted by Crippen LogP contribution is -2.51. The van der Waals surface area contributed by atoms with Crippen molar-refractivity contribution in [1.29, 1.82) is 0 Å². The molecule has 24 heavy (non-hydrogen) atoms. The first-order chi connectivity index (χ1) is 11.5. The standard InChI is InChI=1S/C16H24N4O3S/c1-2-3-12(19-15(22)9-18-14(21)8-17)16(23)20-6-4-13-11(10-20)5-7-24-13/h5,7,12H,2-4,6,8-10,17H2,1H3,(H,18,21)(H,19,22). The van der Waals surface area contributed by atoms with E-state index in [9.17, 15) is 14.4 Å². The largest absolute Gasteiger partial charge is 0.346 e. The van der Waals surface area contributed by atoms with Gasteiger partial charge in [0, 0.05) is 18.0 Å². The van der Waals surface area contributed by atoms with Crippen molar-refractivity contribution < 1.29 is 14.4 Å². The molecule has 1 aliphatic rings. The van der Waals surface area contributed by atoms with Crippen LogP contribution in [0.3, 0.4) is 0 Å². The third-order valence-electron chi connectivity index (χ3n) is 3.96. The number of nitrogens with one attached hydrogen (secondary N) is 2. The van der Waals surface area contributed by atoms with Crippen molar-refractivity contribution in [2.45, 2.75) is 38.8 Å². The second-order valence-electron chi connectivity index (χ2n) is 5.77. The Hall–Kier alpha value is -1.93. The number of hydrogen-bond acceptors (Lipinski definition) is 5. The number of hydrogen-bond donors (Lipinski definition) is 3. The van der Waals surface area contributed by atoms with Gasteiger partial charge in [0.2, 0.25) is 17.7 Å². The van der Waals surface area contributed by atoms with E-state index in [1.165, 1.54) is 10.4 Å². The Labute approximate surface area is 145 Å². The molecule has 132 valence electrons. The molecule has 2 heterocycles. The van der Waals surface area contributed by atoms with Crippen LogP contribution in [0.2, 0.25) is 0 Å². The van der Waals surface area contributed by atoms with Crippen LogP contribution in [0.5, 0.6) is 0 Å². The van der Waals surface area contributed by atoms with Crippen LogP contribution in [0.4, 0.5) is 0 Å². The van der Waals surface area contributed by atoms with Gasteiger partial charge in [-0.3, -0.25) is 14.4 Å². The quantitative estimate of drug-likeness (QED) is 0.642. The first-order valence-corrected chi connectivity index (χ1v) is 9.03. The maximum Gasteiger partial charge on any atom is 0.245 e. The zero-order chi connectivity index (χ0) is 17.5. The van der Waals surface area contributed by atoms with Gasteiger partial charge in [-0.1, -0.05) is 13.3 Å². The van der Waals surface area contributed by atoms with Gasteiger partial charge in [0.25, 0.3) is 0 Å². The number of carbonyl (C=O) groups excluding carboxylic acids is 3. The molecule has 2 rings (SSSR count). The first-order valence-electron chi connectivity index (χ1n) is 8.15. The molecule has 0 saturated carbocycles. The Morgan fingerprint density at radius 2 is 2.17 bits per heavy atom. The Morgan fingerprint density at radius 3 is 2.88 bits per heavy atom.